The van der Waals surface area contributed by atoms with Crippen LogP contribution < -0.4 is 0 Å². The van der Waals surface area contributed by atoms with Crippen molar-refractivity contribution in [1.82, 2.24) is 4.57 Å². The number of methoxy groups -OCH3 is 1. The summed E-state index contributed by atoms with van der Waals surface area (Å²) < 4.78 is 6.85. The highest BCUT2D eigenvalue weighted by Crippen LogP contribution is 2.22. The number of ether oxygens (including phenoxy) is 1. The molecule has 0 bridgehead atoms. The summed E-state index contributed by atoms with van der Waals surface area (Å²) in [5.41, 5.74) is 2.59. The summed E-state index contributed by atoms with van der Waals surface area (Å²) >= 11 is 0. The van der Waals surface area contributed by atoms with Crippen LogP contribution in [0.4, 0.5) is 0 Å². The van der Waals surface area contributed by atoms with Crippen molar-refractivity contribution in [3.8, 4) is 0 Å². The molecule has 1 aromatic heterocycles. The fourth-order valence-corrected chi connectivity index (χ4v) is 2.27. The highest BCUT2D eigenvalue weighted by Gasteiger charge is 2.05. The molecule has 0 spiro atoms. The molecule has 0 atom stereocenters. The van der Waals surface area contributed by atoms with Crippen molar-refractivity contribution in [3.05, 3.63) is 36.0 Å². The number of hydrogen-bond donors (Lipinski definition) is 0. The zero-order valence-electron chi connectivity index (χ0n) is 11.8. The molecule has 19 heavy (non-hydrogen) atoms. The van der Waals surface area contributed by atoms with E-state index in [9.17, 15) is 4.79 Å². The second-order valence-corrected chi connectivity index (χ2v) is 5.16. The molecule has 2 aromatic rings. The van der Waals surface area contributed by atoms with Crippen LogP contribution in [0.5, 0.6) is 0 Å². The van der Waals surface area contributed by atoms with Gasteiger partial charge in [0.15, 0.2) is 0 Å². The third-order valence-corrected chi connectivity index (χ3v) is 3.47. The van der Waals surface area contributed by atoms with E-state index in [1.54, 1.807) is 0 Å². The second-order valence-electron chi connectivity index (χ2n) is 5.16. The monoisotopic (exact) mass is 259 g/mol. The first-order valence-corrected chi connectivity index (χ1v) is 6.77. The van der Waals surface area contributed by atoms with Crippen molar-refractivity contribution >= 4 is 16.9 Å². The molecule has 0 fully saturated rings. The molecule has 0 unspecified atom stereocenters. The third-order valence-electron chi connectivity index (χ3n) is 3.47. The Bertz CT molecular complexity index is 569. The largest absolute Gasteiger partial charge is 0.469 e. The van der Waals surface area contributed by atoms with Crippen LogP contribution in [0.1, 0.15) is 38.2 Å². The van der Waals surface area contributed by atoms with Gasteiger partial charge in [-0.25, -0.2) is 0 Å². The van der Waals surface area contributed by atoms with E-state index < -0.39 is 0 Å². The van der Waals surface area contributed by atoms with Gasteiger partial charge in [-0.15, -0.1) is 0 Å². The van der Waals surface area contributed by atoms with Crippen LogP contribution in [-0.2, 0) is 16.1 Å². The Balaban J connectivity index is 2.10. The summed E-state index contributed by atoms with van der Waals surface area (Å²) in [6, 6.07) is 8.74. The molecule has 0 saturated carbocycles. The molecule has 0 radical (unpaired) electrons. The topological polar surface area (TPSA) is 31.2 Å². The van der Waals surface area contributed by atoms with Crippen molar-refractivity contribution in [2.24, 2.45) is 0 Å². The van der Waals surface area contributed by atoms with Crippen LogP contribution in [0.3, 0.4) is 0 Å². The Hall–Kier alpha value is -1.77. The lowest BCUT2D eigenvalue weighted by Gasteiger charge is -2.08. The molecule has 102 valence electrons. The van der Waals surface area contributed by atoms with E-state index in [2.05, 4.69) is 53.6 Å². The minimum Gasteiger partial charge on any atom is -0.469 e. The first kappa shape index (κ1) is 13.7. The third kappa shape index (κ3) is 3.16. The molecular formula is C16H21NO2. The van der Waals surface area contributed by atoms with E-state index in [-0.39, 0.29) is 5.97 Å². The Morgan fingerprint density at radius 1 is 1.32 bits per heavy atom. The summed E-state index contributed by atoms with van der Waals surface area (Å²) in [7, 11) is 1.43. The number of fused-ring (bicyclic) bond motifs is 1. The zero-order chi connectivity index (χ0) is 13.8. The van der Waals surface area contributed by atoms with E-state index in [1.165, 1.54) is 23.6 Å². The van der Waals surface area contributed by atoms with Crippen molar-refractivity contribution in [2.75, 3.05) is 7.11 Å². The van der Waals surface area contributed by atoms with Crippen LogP contribution in [0.25, 0.3) is 10.9 Å². The van der Waals surface area contributed by atoms with Crippen molar-refractivity contribution < 1.29 is 9.53 Å². The van der Waals surface area contributed by atoms with E-state index >= 15 is 0 Å². The predicted molar refractivity (Wildman–Crippen MR) is 77.3 cm³/mol. The molecule has 1 heterocycles. The molecule has 0 aliphatic carbocycles. The van der Waals surface area contributed by atoms with Crippen LogP contribution in [0, 0.1) is 0 Å². The Kier molecular flexibility index (Phi) is 4.25. The molecule has 0 aliphatic rings. The van der Waals surface area contributed by atoms with Gasteiger partial charge in [-0.3, -0.25) is 4.79 Å². The molecule has 0 amide bonds. The fraction of sp³-hybridized carbons (Fsp3) is 0.438. The molecule has 3 nitrogen and oxygen atoms in total. The summed E-state index contributed by atoms with van der Waals surface area (Å²) in [6.45, 7) is 5.25. The normalized spacial score (nSPS) is 11.2. The highest BCUT2D eigenvalue weighted by molar-refractivity contribution is 5.81. The summed E-state index contributed by atoms with van der Waals surface area (Å²) in [4.78, 5) is 11.1. The van der Waals surface area contributed by atoms with Gasteiger partial charge in [0.05, 0.1) is 7.11 Å². The molecular weight excluding hydrogens is 238 g/mol. The van der Waals surface area contributed by atoms with Gasteiger partial charge in [0.1, 0.15) is 0 Å². The number of aryl methyl sites for hydroxylation is 1. The van der Waals surface area contributed by atoms with Gasteiger partial charge in [0.25, 0.3) is 0 Å². The fourth-order valence-electron chi connectivity index (χ4n) is 2.27. The van der Waals surface area contributed by atoms with Crippen LogP contribution in [0.15, 0.2) is 30.5 Å². The summed E-state index contributed by atoms with van der Waals surface area (Å²) in [5.74, 6) is 0.408. The molecule has 3 heteroatoms. The van der Waals surface area contributed by atoms with Gasteiger partial charge >= 0.3 is 5.97 Å². The smallest absolute Gasteiger partial charge is 0.305 e. The molecule has 0 N–H and O–H groups in total. The van der Waals surface area contributed by atoms with Crippen molar-refractivity contribution in [2.45, 2.75) is 39.2 Å². The SMILES string of the molecule is COC(=O)CCCn1ccc2cc(C(C)C)ccc21. The standard InChI is InChI=1S/C16H21NO2/c1-12(2)13-6-7-15-14(11-13)8-10-17(15)9-4-5-16(18)19-3/h6-8,10-12H,4-5,9H2,1-3H3. The molecule has 0 aliphatic heterocycles. The Morgan fingerprint density at radius 2 is 2.11 bits per heavy atom. The number of hydrogen-bond acceptors (Lipinski definition) is 2. The van der Waals surface area contributed by atoms with Gasteiger partial charge in [0, 0.05) is 24.7 Å². The maximum atomic E-state index is 11.1. The number of nitrogens with zero attached hydrogens (tertiary/aromatic N) is 1. The van der Waals surface area contributed by atoms with Gasteiger partial charge < -0.3 is 9.30 Å². The maximum absolute atomic E-state index is 11.1. The lowest BCUT2D eigenvalue weighted by Crippen LogP contribution is -2.03. The minimum atomic E-state index is -0.140. The number of rotatable bonds is 5. The van der Waals surface area contributed by atoms with Crippen molar-refractivity contribution in [1.29, 1.82) is 0 Å². The van der Waals surface area contributed by atoms with Gasteiger partial charge in [-0.1, -0.05) is 19.9 Å². The van der Waals surface area contributed by atoms with E-state index in [0.29, 0.717) is 12.3 Å². The van der Waals surface area contributed by atoms with Gasteiger partial charge in [0.2, 0.25) is 0 Å². The Labute approximate surface area is 114 Å². The van der Waals surface area contributed by atoms with Crippen LogP contribution in [0.2, 0.25) is 0 Å². The number of aromatic nitrogens is 1. The first-order valence-electron chi connectivity index (χ1n) is 6.77. The highest BCUT2D eigenvalue weighted by atomic mass is 16.5. The number of benzene rings is 1. The van der Waals surface area contributed by atoms with E-state index in [0.717, 1.165) is 13.0 Å². The van der Waals surface area contributed by atoms with E-state index in [1.807, 2.05) is 0 Å². The average Bonchev–Trinajstić information content (AvgIpc) is 2.81. The van der Waals surface area contributed by atoms with Crippen LogP contribution >= 0.6 is 0 Å². The average molecular weight is 259 g/mol. The minimum absolute atomic E-state index is 0.140. The number of carbonyl (C=O) groups is 1. The van der Waals surface area contributed by atoms with Gasteiger partial charge in [-0.05, 0) is 41.5 Å². The maximum Gasteiger partial charge on any atom is 0.305 e. The summed E-state index contributed by atoms with van der Waals surface area (Å²) in [6.07, 6.45) is 3.37. The number of esters is 1. The second kappa shape index (κ2) is 5.91. The molecule has 1 aromatic carbocycles. The zero-order valence-corrected chi connectivity index (χ0v) is 11.8. The Morgan fingerprint density at radius 3 is 2.79 bits per heavy atom. The lowest BCUT2D eigenvalue weighted by atomic mass is 10.0. The van der Waals surface area contributed by atoms with Crippen LogP contribution in [-0.4, -0.2) is 17.6 Å². The van der Waals surface area contributed by atoms with Crippen molar-refractivity contribution in [3.63, 3.8) is 0 Å². The van der Waals surface area contributed by atoms with E-state index in [4.69, 9.17) is 0 Å². The number of carbonyl (C=O) groups excluding carboxylic acids is 1. The van der Waals surface area contributed by atoms with Gasteiger partial charge in [-0.2, -0.15) is 0 Å². The molecule has 0 saturated heterocycles. The first-order chi connectivity index (χ1) is 9.11. The summed E-state index contributed by atoms with van der Waals surface area (Å²) in [5, 5.41) is 1.27. The predicted octanol–water partition coefficient (Wildman–Crippen LogP) is 3.72. The quantitative estimate of drug-likeness (QED) is 0.766. The lowest BCUT2D eigenvalue weighted by molar-refractivity contribution is -0.140. The molecule has 2 rings (SSSR count).